The fourth-order valence-corrected chi connectivity index (χ4v) is 3.52. The molecule has 1 amide bonds. The largest absolute Gasteiger partial charge is 0.349 e. The molecule has 0 bridgehead atoms. The molecule has 0 saturated heterocycles. The normalized spacial score (nSPS) is 12.0. The third-order valence-corrected chi connectivity index (χ3v) is 5.10. The number of nitrogens with one attached hydrogen (secondary N) is 1. The van der Waals surface area contributed by atoms with Gasteiger partial charge in [0.2, 0.25) is 5.91 Å². The van der Waals surface area contributed by atoms with E-state index in [0.29, 0.717) is 5.75 Å². The number of hydrogen-bond donors (Lipinski definition) is 1. The Labute approximate surface area is 138 Å². The lowest BCUT2D eigenvalue weighted by atomic mass is 10.1. The van der Waals surface area contributed by atoms with Gasteiger partial charge in [-0.25, -0.2) is 0 Å². The van der Waals surface area contributed by atoms with Crippen LogP contribution in [0.25, 0.3) is 0 Å². The van der Waals surface area contributed by atoms with Crippen LogP contribution in [0.4, 0.5) is 0 Å². The number of amides is 1. The zero-order chi connectivity index (χ0) is 15.2. The van der Waals surface area contributed by atoms with Crippen LogP contribution in [0.2, 0.25) is 0 Å². The molecule has 4 heteroatoms. The Kier molecular flexibility index (Phi) is 5.88. The molecule has 110 valence electrons. The van der Waals surface area contributed by atoms with E-state index in [0.717, 1.165) is 14.9 Å². The lowest BCUT2D eigenvalue weighted by Crippen LogP contribution is -2.28. The van der Waals surface area contributed by atoms with Gasteiger partial charge in [0.15, 0.2) is 0 Å². The maximum Gasteiger partial charge on any atom is 0.230 e. The van der Waals surface area contributed by atoms with Gasteiger partial charge in [0, 0.05) is 9.37 Å². The Bertz CT molecular complexity index is 630. The van der Waals surface area contributed by atoms with E-state index in [1.807, 2.05) is 49.4 Å². The van der Waals surface area contributed by atoms with Gasteiger partial charge < -0.3 is 5.32 Å². The van der Waals surface area contributed by atoms with Crippen LogP contribution in [0.3, 0.4) is 0 Å². The molecule has 1 N–H and O–H groups in total. The minimum Gasteiger partial charge on any atom is -0.349 e. The summed E-state index contributed by atoms with van der Waals surface area (Å²) < 4.78 is 1.02. The standard InChI is InChI=1S/C17H18BrNOS/c1-12-7-3-6-10-16(12)21-11-17(20)19-13(2)14-8-4-5-9-15(14)18/h3-10,13H,11H2,1-2H3,(H,19,20). The Hall–Kier alpha value is -1.26. The molecular formula is C17H18BrNOS. The fraction of sp³-hybridized carbons (Fsp3) is 0.235. The van der Waals surface area contributed by atoms with E-state index in [2.05, 4.69) is 34.2 Å². The first-order chi connectivity index (χ1) is 10.1. The summed E-state index contributed by atoms with van der Waals surface area (Å²) in [5.41, 5.74) is 2.29. The van der Waals surface area contributed by atoms with Crippen LogP contribution < -0.4 is 5.32 Å². The van der Waals surface area contributed by atoms with Crippen molar-refractivity contribution in [3.05, 3.63) is 64.1 Å². The van der Waals surface area contributed by atoms with Crippen LogP contribution in [0.15, 0.2) is 57.9 Å². The van der Waals surface area contributed by atoms with Crippen molar-refractivity contribution >= 4 is 33.6 Å². The number of carbonyl (C=O) groups excluding carboxylic acids is 1. The monoisotopic (exact) mass is 363 g/mol. The SMILES string of the molecule is Cc1ccccc1SCC(=O)NC(C)c1ccccc1Br. The van der Waals surface area contributed by atoms with Crippen LogP contribution in [-0.4, -0.2) is 11.7 Å². The van der Waals surface area contributed by atoms with Crippen molar-refractivity contribution < 1.29 is 4.79 Å². The van der Waals surface area contributed by atoms with Crippen LogP contribution in [0, 0.1) is 6.92 Å². The van der Waals surface area contributed by atoms with Crippen molar-refractivity contribution in [1.29, 1.82) is 0 Å². The molecule has 21 heavy (non-hydrogen) atoms. The summed E-state index contributed by atoms with van der Waals surface area (Å²) >= 11 is 5.09. The second-order valence-corrected chi connectivity index (χ2v) is 6.74. The van der Waals surface area contributed by atoms with Crippen LogP contribution in [0.1, 0.15) is 24.1 Å². The number of thioether (sulfide) groups is 1. The van der Waals surface area contributed by atoms with Gasteiger partial charge in [-0.3, -0.25) is 4.79 Å². The van der Waals surface area contributed by atoms with Crippen LogP contribution in [0.5, 0.6) is 0 Å². The van der Waals surface area contributed by atoms with E-state index in [1.165, 1.54) is 5.56 Å². The summed E-state index contributed by atoms with van der Waals surface area (Å²) in [7, 11) is 0. The zero-order valence-electron chi connectivity index (χ0n) is 12.1. The van der Waals surface area contributed by atoms with Gasteiger partial charge >= 0.3 is 0 Å². The minimum atomic E-state index is -0.00875. The average molecular weight is 364 g/mol. The molecule has 2 nitrogen and oxygen atoms in total. The van der Waals surface area contributed by atoms with E-state index in [9.17, 15) is 4.79 Å². The summed E-state index contributed by atoms with van der Waals surface area (Å²) in [5.74, 6) is 0.478. The lowest BCUT2D eigenvalue weighted by molar-refractivity contribution is -0.119. The minimum absolute atomic E-state index is 0.00875. The Morgan fingerprint density at radius 3 is 2.57 bits per heavy atom. The van der Waals surface area contributed by atoms with Crippen LogP contribution in [-0.2, 0) is 4.79 Å². The zero-order valence-corrected chi connectivity index (χ0v) is 14.5. The van der Waals surface area contributed by atoms with Crippen molar-refractivity contribution in [3.8, 4) is 0 Å². The molecule has 0 aromatic heterocycles. The van der Waals surface area contributed by atoms with E-state index in [-0.39, 0.29) is 11.9 Å². The van der Waals surface area contributed by atoms with Gasteiger partial charge in [-0.05, 0) is 37.1 Å². The highest BCUT2D eigenvalue weighted by molar-refractivity contribution is 9.10. The van der Waals surface area contributed by atoms with Gasteiger partial charge in [0.25, 0.3) is 0 Å². The summed E-state index contributed by atoms with van der Waals surface area (Å²) in [6, 6.07) is 16.1. The maximum absolute atomic E-state index is 12.1. The highest BCUT2D eigenvalue weighted by Crippen LogP contribution is 2.24. The summed E-state index contributed by atoms with van der Waals surface area (Å²) in [5, 5.41) is 3.04. The van der Waals surface area contributed by atoms with Crippen molar-refractivity contribution in [2.45, 2.75) is 24.8 Å². The predicted molar refractivity (Wildman–Crippen MR) is 92.6 cm³/mol. The molecule has 1 atom stereocenters. The Balaban J connectivity index is 1.90. The maximum atomic E-state index is 12.1. The molecular weight excluding hydrogens is 346 g/mol. The molecule has 0 aliphatic rings. The first-order valence-corrected chi connectivity index (χ1v) is 8.58. The number of carbonyl (C=O) groups is 1. The molecule has 0 heterocycles. The fourth-order valence-electron chi connectivity index (χ4n) is 2.05. The number of halogens is 1. The van der Waals surface area contributed by atoms with Crippen molar-refractivity contribution in [2.24, 2.45) is 0 Å². The van der Waals surface area contributed by atoms with E-state index >= 15 is 0 Å². The predicted octanol–water partition coefficient (Wildman–Crippen LogP) is 4.73. The summed E-state index contributed by atoms with van der Waals surface area (Å²) in [6.07, 6.45) is 0. The van der Waals surface area contributed by atoms with Gasteiger partial charge in [-0.2, -0.15) is 0 Å². The third kappa shape index (κ3) is 4.61. The smallest absolute Gasteiger partial charge is 0.230 e. The molecule has 0 aliphatic heterocycles. The molecule has 2 rings (SSSR count). The second-order valence-electron chi connectivity index (χ2n) is 4.86. The highest BCUT2D eigenvalue weighted by Gasteiger charge is 2.12. The van der Waals surface area contributed by atoms with E-state index < -0.39 is 0 Å². The van der Waals surface area contributed by atoms with Gasteiger partial charge in [0.05, 0.1) is 11.8 Å². The number of benzene rings is 2. The number of rotatable bonds is 5. The topological polar surface area (TPSA) is 29.1 Å². The molecule has 0 fully saturated rings. The Morgan fingerprint density at radius 2 is 1.86 bits per heavy atom. The Morgan fingerprint density at radius 1 is 1.19 bits per heavy atom. The van der Waals surface area contributed by atoms with E-state index in [4.69, 9.17) is 0 Å². The van der Waals surface area contributed by atoms with Crippen molar-refractivity contribution in [1.82, 2.24) is 5.32 Å². The number of aryl methyl sites for hydroxylation is 1. The first-order valence-electron chi connectivity index (χ1n) is 6.80. The van der Waals surface area contributed by atoms with Crippen LogP contribution >= 0.6 is 27.7 Å². The van der Waals surface area contributed by atoms with Crippen molar-refractivity contribution in [3.63, 3.8) is 0 Å². The molecule has 0 spiro atoms. The first kappa shape index (κ1) is 16.1. The molecule has 0 aliphatic carbocycles. The number of hydrogen-bond acceptors (Lipinski definition) is 2. The van der Waals surface area contributed by atoms with E-state index in [1.54, 1.807) is 11.8 Å². The third-order valence-electron chi connectivity index (χ3n) is 3.20. The van der Waals surface area contributed by atoms with Gasteiger partial charge in [-0.1, -0.05) is 52.3 Å². The molecule has 2 aromatic carbocycles. The molecule has 0 radical (unpaired) electrons. The summed E-state index contributed by atoms with van der Waals surface area (Å²) in [6.45, 7) is 4.06. The van der Waals surface area contributed by atoms with Crippen molar-refractivity contribution in [2.75, 3.05) is 5.75 Å². The molecule has 1 unspecified atom stereocenters. The quantitative estimate of drug-likeness (QED) is 0.778. The highest BCUT2D eigenvalue weighted by atomic mass is 79.9. The average Bonchev–Trinajstić information content (AvgIpc) is 2.46. The molecule has 0 saturated carbocycles. The second kappa shape index (κ2) is 7.66. The van der Waals surface area contributed by atoms with Gasteiger partial charge in [-0.15, -0.1) is 11.8 Å². The summed E-state index contributed by atoms with van der Waals surface area (Å²) in [4.78, 5) is 13.2. The molecule has 2 aromatic rings. The van der Waals surface area contributed by atoms with Gasteiger partial charge in [0.1, 0.15) is 0 Å². The lowest BCUT2D eigenvalue weighted by Gasteiger charge is -2.16.